The molecule has 0 aliphatic heterocycles. The summed E-state index contributed by atoms with van der Waals surface area (Å²) >= 11 is 0. The molecule has 0 fully saturated rings. The average molecular weight is 310 g/mol. The number of aromatic amines is 1. The van der Waals surface area contributed by atoms with E-state index in [-0.39, 0.29) is 24.2 Å². The van der Waals surface area contributed by atoms with Crippen LogP contribution in [0.3, 0.4) is 0 Å². The summed E-state index contributed by atoms with van der Waals surface area (Å²) in [5, 5.41) is 12.0. The number of imidazole rings is 1. The molecular weight excluding hydrogens is 292 g/mol. The molecular formula is C17H18N4O2. The SMILES string of the molecule is Cc1ccc2nc([C@H](C)NC(=O)c3cc(CO)ccn3)[nH]c2c1. The van der Waals surface area contributed by atoms with Gasteiger partial charge in [0.15, 0.2) is 0 Å². The van der Waals surface area contributed by atoms with Crippen LogP contribution in [0.15, 0.2) is 36.5 Å². The highest BCUT2D eigenvalue weighted by atomic mass is 16.3. The number of hydrogen-bond donors (Lipinski definition) is 3. The van der Waals surface area contributed by atoms with Gasteiger partial charge in [-0.1, -0.05) is 6.07 Å². The minimum Gasteiger partial charge on any atom is -0.392 e. The van der Waals surface area contributed by atoms with E-state index >= 15 is 0 Å². The Bertz CT molecular complexity index is 857. The van der Waals surface area contributed by atoms with E-state index < -0.39 is 0 Å². The monoisotopic (exact) mass is 310 g/mol. The highest BCUT2D eigenvalue weighted by molar-refractivity contribution is 5.92. The van der Waals surface area contributed by atoms with Gasteiger partial charge in [0.1, 0.15) is 11.5 Å². The fourth-order valence-corrected chi connectivity index (χ4v) is 2.38. The molecule has 1 atom stereocenters. The Morgan fingerprint density at radius 2 is 2.17 bits per heavy atom. The van der Waals surface area contributed by atoms with Crippen LogP contribution in [0.1, 0.15) is 40.4 Å². The number of amides is 1. The molecule has 3 aromatic rings. The standard InChI is InChI=1S/C17H18N4O2/c1-10-3-4-13-14(7-10)21-16(20-13)11(2)19-17(23)15-8-12(9-22)5-6-18-15/h3-8,11,22H,9H2,1-2H3,(H,19,23)(H,20,21)/t11-/m0/s1. The quantitative estimate of drug-likeness (QED) is 0.689. The van der Waals surface area contributed by atoms with Gasteiger partial charge < -0.3 is 15.4 Å². The van der Waals surface area contributed by atoms with E-state index in [1.54, 1.807) is 12.1 Å². The van der Waals surface area contributed by atoms with Gasteiger partial charge in [0.2, 0.25) is 0 Å². The molecule has 1 amide bonds. The van der Waals surface area contributed by atoms with Gasteiger partial charge in [-0.05, 0) is 49.2 Å². The zero-order valence-corrected chi connectivity index (χ0v) is 13.0. The predicted molar refractivity (Wildman–Crippen MR) is 86.9 cm³/mol. The molecule has 0 aliphatic rings. The zero-order chi connectivity index (χ0) is 16.4. The summed E-state index contributed by atoms with van der Waals surface area (Å²) in [6, 6.07) is 8.93. The van der Waals surface area contributed by atoms with E-state index in [1.165, 1.54) is 6.20 Å². The van der Waals surface area contributed by atoms with Gasteiger partial charge in [-0.2, -0.15) is 0 Å². The summed E-state index contributed by atoms with van der Waals surface area (Å²) in [6.07, 6.45) is 1.51. The number of aryl methyl sites for hydroxylation is 1. The van der Waals surface area contributed by atoms with E-state index in [0.717, 1.165) is 16.6 Å². The lowest BCUT2D eigenvalue weighted by atomic mass is 10.2. The first-order chi connectivity index (χ1) is 11.1. The Kier molecular flexibility index (Phi) is 4.08. The molecule has 3 N–H and O–H groups in total. The van der Waals surface area contributed by atoms with Crippen molar-refractivity contribution in [3.05, 3.63) is 59.2 Å². The summed E-state index contributed by atoms with van der Waals surface area (Å²) in [6.45, 7) is 3.75. The van der Waals surface area contributed by atoms with Crippen LogP contribution in [0.25, 0.3) is 11.0 Å². The molecule has 0 spiro atoms. The van der Waals surface area contributed by atoms with E-state index in [9.17, 15) is 4.79 Å². The fraction of sp³-hybridized carbons (Fsp3) is 0.235. The first kappa shape index (κ1) is 15.2. The smallest absolute Gasteiger partial charge is 0.270 e. The molecule has 0 bridgehead atoms. The lowest BCUT2D eigenvalue weighted by Crippen LogP contribution is -2.28. The maximum Gasteiger partial charge on any atom is 0.270 e. The van der Waals surface area contributed by atoms with Crippen LogP contribution in [0.5, 0.6) is 0 Å². The Labute approximate surface area is 133 Å². The second-order valence-electron chi connectivity index (χ2n) is 5.55. The number of carbonyl (C=O) groups is 1. The molecule has 1 aromatic carbocycles. The van der Waals surface area contributed by atoms with Crippen molar-refractivity contribution in [3.8, 4) is 0 Å². The van der Waals surface area contributed by atoms with Gasteiger partial charge in [-0.3, -0.25) is 9.78 Å². The minimum absolute atomic E-state index is 0.124. The molecule has 0 saturated carbocycles. The highest BCUT2D eigenvalue weighted by Gasteiger charge is 2.16. The van der Waals surface area contributed by atoms with E-state index in [0.29, 0.717) is 11.4 Å². The van der Waals surface area contributed by atoms with Crippen molar-refractivity contribution in [2.24, 2.45) is 0 Å². The van der Waals surface area contributed by atoms with Crippen molar-refractivity contribution in [1.29, 1.82) is 0 Å². The number of aliphatic hydroxyl groups excluding tert-OH is 1. The number of benzene rings is 1. The van der Waals surface area contributed by atoms with Crippen molar-refractivity contribution >= 4 is 16.9 Å². The third kappa shape index (κ3) is 3.22. The average Bonchev–Trinajstić information content (AvgIpc) is 2.98. The van der Waals surface area contributed by atoms with Crippen molar-refractivity contribution in [1.82, 2.24) is 20.3 Å². The second-order valence-corrected chi connectivity index (χ2v) is 5.55. The van der Waals surface area contributed by atoms with Crippen LogP contribution < -0.4 is 5.32 Å². The third-order valence-corrected chi connectivity index (χ3v) is 3.65. The summed E-state index contributed by atoms with van der Waals surface area (Å²) in [4.78, 5) is 24.0. The van der Waals surface area contributed by atoms with Gasteiger partial charge in [-0.25, -0.2) is 4.98 Å². The number of rotatable bonds is 4. The number of pyridine rings is 1. The van der Waals surface area contributed by atoms with Crippen LogP contribution in [-0.2, 0) is 6.61 Å². The Morgan fingerprint density at radius 1 is 1.35 bits per heavy atom. The van der Waals surface area contributed by atoms with Crippen molar-refractivity contribution in [2.75, 3.05) is 0 Å². The molecule has 0 radical (unpaired) electrons. The molecule has 23 heavy (non-hydrogen) atoms. The molecule has 6 heteroatoms. The highest BCUT2D eigenvalue weighted by Crippen LogP contribution is 2.17. The number of nitrogens with one attached hydrogen (secondary N) is 2. The van der Waals surface area contributed by atoms with Crippen molar-refractivity contribution < 1.29 is 9.90 Å². The Balaban J connectivity index is 1.79. The molecule has 118 valence electrons. The molecule has 2 aromatic heterocycles. The summed E-state index contributed by atoms with van der Waals surface area (Å²) in [5.41, 5.74) is 3.88. The van der Waals surface area contributed by atoms with E-state index in [2.05, 4.69) is 20.3 Å². The van der Waals surface area contributed by atoms with Crippen molar-refractivity contribution in [3.63, 3.8) is 0 Å². The summed E-state index contributed by atoms with van der Waals surface area (Å²) in [7, 11) is 0. The van der Waals surface area contributed by atoms with Gasteiger partial charge in [0.05, 0.1) is 23.7 Å². The lowest BCUT2D eigenvalue weighted by Gasteiger charge is -2.11. The maximum atomic E-state index is 12.3. The number of nitrogens with zero attached hydrogens (tertiary/aromatic N) is 2. The number of aliphatic hydroxyl groups is 1. The Hall–Kier alpha value is -2.73. The topological polar surface area (TPSA) is 90.9 Å². The van der Waals surface area contributed by atoms with Crippen LogP contribution in [-0.4, -0.2) is 26.0 Å². The van der Waals surface area contributed by atoms with E-state index in [4.69, 9.17) is 5.11 Å². The van der Waals surface area contributed by atoms with E-state index in [1.807, 2.05) is 32.0 Å². The summed E-state index contributed by atoms with van der Waals surface area (Å²) in [5.74, 6) is 0.390. The number of hydrogen-bond acceptors (Lipinski definition) is 4. The molecule has 0 unspecified atom stereocenters. The first-order valence-electron chi connectivity index (χ1n) is 7.40. The van der Waals surface area contributed by atoms with Crippen LogP contribution >= 0.6 is 0 Å². The fourth-order valence-electron chi connectivity index (χ4n) is 2.38. The van der Waals surface area contributed by atoms with Crippen LogP contribution in [0.4, 0.5) is 0 Å². The number of aromatic nitrogens is 3. The predicted octanol–water partition coefficient (Wildman–Crippen LogP) is 2.25. The third-order valence-electron chi connectivity index (χ3n) is 3.65. The minimum atomic E-state index is -0.301. The molecule has 0 aliphatic carbocycles. The number of H-pyrrole nitrogens is 1. The molecule has 2 heterocycles. The summed E-state index contributed by atoms with van der Waals surface area (Å²) < 4.78 is 0. The first-order valence-corrected chi connectivity index (χ1v) is 7.40. The van der Waals surface area contributed by atoms with Gasteiger partial charge in [-0.15, -0.1) is 0 Å². The molecule has 0 saturated heterocycles. The zero-order valence-electron chi connectivity index (χ0n) is 13.0. The number of fused-ring (bicyclic) bond motifs is 1. The maximum absolute atomic E-state index is 12.3. The number of carbonyl (C=O) groups excluding carboxylic acids is 1. The van der Waals surface area contributed by atoms with Crippen LogP contribution in [0, 0.1) is 6.92 Å². The molecule has 6 nitrogen and oxygen atoms in total. The molecule has 3 rings (SSSR count). The largest absolute Gasteiger partial charge is 0.392 e. The van der Waals surface area contributed by atoms with Gasteiger partial charge >= 0.3 is 0 Å². The Morgan fingerprint density at radius 3 is 2.96 bits per heavy atom. The lowest BCUT2D eigenvalue weighted by molar-refractivity contribution is 0.0933. The van der Waals surface area contributed by atoms with Gasteiger partial charge in [0.25, 0.3) is 5.91 Å². The van der Waals surface area contributed by atoms with Crippen LogP contribution in [0.2, 0.25) is 0 Å². The normalized spacial score (nSPS) is 12.3. The van der Waals surface area contributed by atoms with Gasteiger partial charge in [0, 0.05) is 6.20 Å². The van der Waals surface area contributed by atoms with Crippen molar-refractivity contribution in [2.45, 2.75) is 26.5 Å². The second kappa shape index (κ2) is 6.18.